The van der Waals surface area contributed by atoms with Crippen LogP contribution >= 0.6 is 0 Å². The Balaban J connectivity index is 1.53. The van der Waals surface area contributed by atoms with E-state index in [1.54, 1.807) is 30.6 Å². The van der Waals surface area contributed by atoms with Gasteiger partial charge in [0.2, 0.25) is 0 Å². The van der Waals surface area contributed by atoms with E-state index in [4.69, 9.17) is 9.47 Å². The highest BCUT2D eigenvalue weighted by atomic mass is 19.1. The predicted molar refractivity (Wildman–Crippen MR) is 118 cm³/mol. The predicted octanol–water partition coefficient (Wildman–Crippen LogP) is 5.27. The second-order valence-corrected chi connectivity index (χ2v) is 7.63. The molecular formula is C25H25FN2O3. The zero-order chi connectivity index (χ0) is 21.8. The van der Waals surface area contributed by atoms with E-state index in [-0.39, 0.29) is 11.8 Å². The molecule has 0 saturated carbocycles. The maximum Gasteiger partial charge on any atom is 0.338 e. The largest absolute Gasteiger partial charge is 0.493 e. The molecule has 0 saturated heterocycles. The molecule has 0 aliphatic carbocycles. The van der Waals surface area contributed by atoms with E-state index in [1.807, 2.05) is 30.1 Å². The highest BCUT2D eigenvalue weighted by Gasteiger charge is 2.23. The van der Waals surface area contributed by atoms with Gasteiger partial charge in [-0.25, -0.2) is 9.18 Å². The number of carbonyl (C=O) groups excluding carboxylic acids is 1. The van der Waals surface area contributed by atoms with Crippen molar-refractivity contribution in [1.29, 1.82) is 0 Å². The molecule has 0 radical (unpaired) electrons. The van der Waals surface area contributed by atoms with Crippen LogP contribution in [0.3, 0.4) is 0 Å². The average Bonchev–Trinajstić information content (AvgIpc) is 2.82. The Labute approximate surface area is 181 Å². The van der Waals surface area contributed by atoms with Crippen molar-refractivity contribution in [3.63, 3.8) is 0 Å². The van der Waals surface area contributed by atoms with Crippen LogP contribution < -0.4 is 9.64 Å². The summed E-state index contributed by atoms with van der Waals surface area (Å²) < 4.78 is 25.0. The number of nitrogens with zero attached hydrogens (tertiary/aromatic N) is 2. The first-order valence-corrected chi connectivity index (χ1v) is 10.3. The third-order valence-electron chi connectivity index (χ3n) is 5.83. The number of anilines is 2. The Morgan fingerprint density at radius 3 is 2.90 bits per heavy atom. The molecule has 1 atom stereocenters. The minimum atomic E-state index is -0.342. The average molecular weight is 420 g/mol. The van der Waals surface area contributed by atoms with Crippen LogP contribution in [-0.2, 0) is 11.2 Å². The van der Waals surface area contributed by atoms with Crippen LogP contribution in [0.15, 0.2) is 60.9 Å². The fraction of sp³-hybridized carbons (Fsp3) is 0.280. The number of para-hydroxylation sites is 1. The van der Waals surface area contributed by atoms with E-state index in [0.29, 0.717) is 23.8 Å². The standard InChI is InChI=1S/C25H25FN2O3/c1-28(23-6-4-3-5-22(23)26)19-9-10-20-17(12-14-31-24(20)15-19)7-8-18-16-27-13-11-21(18)25(29)30-2/h3-6,9-11,13,15-17H,7-8,12,14H2,1-2H3/t17-/m1/s1. The molecule has 0 fully saturated rings. The fourth-order valence-electron chi connectivity index (χ4n) is 4.09. The summed E-state index contributed by atoms with van der Waals surface area (Å²) in [6.07, 6.45) is 5.84. The topological polar surface area (TPSA) is 51.7 Å². The summed E-state index contributed by atoms with van der Waals surface area (Å²) in [7, 11) is 3.23. The molecule has 3 aromatic rings. The summed E-state index contributed by atoms with van der Waals surface area (Å²) >= 11 is 0. The van der Waals surface area contributed by atoms with Crippen molar-refractivity contribution >= 4 is 17.3 Å². The first-order chi connectivity index (χ1) is 15.1. The molecule has 0 amide bonds. The number of aryl methyl sites for hydroxylation is 1. The Hall–Kier alpha value is -3.41. The molecule has 1 aromatic heterocycles. The van der Waals surface area contributed by atoms with Gasteiger partial charge in [0.05, 0.1) is 25.0 Å². The van der Waals surface area contributed by atoms with E-state index >= 15 is 0 Å². The summed E-state index contributed by atoms with van der Waals surface area (Å²) in [6.45, 7) is 0.626. The number of ether oxygens (including phenoxy) is 2. The second-order valence-electron chi connectivity index (χ2n) is 7.63. The molecular weight excluding hydrogens is 395 g/mol. The molecule has 4 rings (SSSR count). The van der Waals surface area contributed by atoms with Gasteiger partial charge in [-0.2, -0.15) is 0 Å². The SMILES string of the molecule is COC(=O)c1ccncc1CC[C@@H]1CCOc2cc(N(C)c3ccccc3F)ccc21. The third-order valence-corrected chi connectivity index (χ3v) is 5.83. The Morgan fingerprint density at radius 1 is 1.26 bits per heavy atom. The molecule has 0 unspecified atom stereocenters. The minimum Gasteiger partial charge on any atom is -0.493 e. The highest BCUT2D eigenvalue weighted by molar-refractivity contribution is 5.90. The number of hydrogen-bond acceptors (Lipinski definition) is 5. The number of rotatable bonds is 6. The highest BCUT2D eigenvalue weighted by Crippen LogP contribution is 2.40. The lowest BCUT2D eigenvalue weighted by molar-refractivity contribution is 0.0599. The molecule has 0 N–H and O–H groups in total. The quantitative estimate of drug-likeness (QED) is 0.508. The van der Waals surface area contributed by atoms with Gasteiger partial charge in [-0.3, -0.25) is 4.98 Å². The summed E-state index contributed by atoms with van der Waals surface area (Å²) in [5, 5.41) is 0. The van der Waals surface area contributed by atoms with Gasteiger partial charge in [-0.05, 0) is 60.6 Å². The number of esters is 1. The zero-order valence-electron chi connectivity index (χ0n) is 17.7. The smallest absolute Gasteiger partial charge is 0.338 e. The number of halogens is 1. The monoisotopic (exact) mass is 420 g/mol. The molecule has 1 aliphatic rings. The fourth-order valence-corrected chi connectivity index (χ4v) is 4.09. The molecule has 31 heavy (non-hydrogen) atoms. The number of pyridine rings is 1. The lowest BCUT2D eigenvalue weighted by atomic mass is 9.87. The molecule has 5 nitrogen and oxygen atoms in total. The molecule has 6 heteroatoms. The maximum absolute atomic E-state index is 14.2. The summed E-state index contributed by atoms with van der Waals surface area (Å²) in [4.78, 5) is 18.0. The number of hydrogen-bond donors (Lipinski definition) is 0. The van der Waals surface area contributed by atoms with Crippen LogP contribution in [0.4, 0.5) is 15.8 Å². The van der Waals surface area contributed by atoms with E-state index < -0.39 is 0 Å². The van der Waals surface area contributed by atoms with Crippen LogP contribution in [-0.4, -0.2) is 31.7 Å². The van der Waals surface area contributed by atoms with Crippen molar-refractivity contribution in [3.8, 4) is 5.75 Å². The minimum absolute atomic E-state index is 0.264. The number of aromatic nitrogens is 1. The number of benzene rings is 2. The van der Waals surface area contributed by atoms with Gasteiger partial charge < -0.3 is 14.4 Å². The van der Waals surface area contributed by atoms with Crippen molar-refractivity contribution in [1.82, 2.24) is 4.98 Å². The second kappa shape index (κ2) is 9.16. The van der Waals surface area contributed by atoms with Crippen molar-refractivity contribution in [2.45, 2.75) is 25.2 Å². The Bertz CT molecular complexity index is 1090. The van der Waals surface area contributed by atoms with Crippen molar-refractivity contribution < 1.29 is 18.7 Å². The molecule has 0 bridgehead atoms. The van der Waals surface area contributed by atoms with Gasteiger partial charge in [-0.15, -0.1) is 0 Å². The van der Waals surface area contributed by atoms with Gasteiger partial charge in [-0.1, -0.05) is 18.2 Å². The van der Waals surface area contributed by atoms with Gasteiger partial charge in [0, 0.05) is 31.2 Å². The van der Waals surface area contributed by atoms with E-state index in [9.17, 15) is 9.18 Å². The number of methoxy groups -OCH3 is 1. The summed E-state index contributed by atoms with van der Waals surface area (Å²) in [5.41, 5.74) is 3.97. The van der Waals surface area contributed by atoms with Crippen LogP contribution in [0.5, 0.6) is 5.75 Å². The van der Waals surface area contributed by atoms with Crippen molar-refractivity contribution in [2.75, 3.05) is 25.7 Å². The molecule has 2 aromatic carbocycles. The van der Waals surface area contributed by atoms with Crippen molar-refractivity contribution in [3.05, 3.63) is 83.4 Å². The summed E-state index contributed by atoms with van der Waals surface area (Å²) in [6, 6.07) is 14.4. The summed E-state index contributed by atoms with van der Waals surface area (Å²) in [5.74, 6) is 0.531. The normalized spacial score (nSPS) is 15.0. The van der Waals surface area contributed by atoms with E-state index in [2.05, 4.69) is 11.1 Å². The van der Waals surface area contributed by atoms with Crippen LogP contribution in [0, 0.1) is 5.82 Å². The number of carbonyl (C=O) groups is 1. The van der Waals surface area contributed by atoms with Crippen LogP contribution in [0.25, 0.3) is 0 Å². The first-order valence-electron chi connectivity index (χ1n) is 10.3. The molecule has 2 heterocycles. The van der Waals surface area contributed by atoms with Crippen LogP contribution in [0.1, 0.15) is 40.2 Å². The van der Waals surface area contributed by atoms with E-state index in [1.165, 1.54) is 13.2 Å². The third kappa shape index (κ3) is 4.38. The first kappa shape index (κ1) is 20.8. The van der Waals surface area contributed by atoms with Gasteiger partial charge in [0.15, 0.2) is 0 Å². The zero-order valence-corrected chi connectivity index (χ0v) is 17.7. The van der Waals surface area contributed by atoms with Crippen molar-refractivity contribution in [2.24, 2.45) is 0 Å². The number of fused-ring (bicyclic) bond motifs is 1. The van der Waals surface area contributed by atoms with E-state index in [0.717, 1.165) is 41.8 Å². The Kier molecular flexibility index (Phi) is 6.16. The Morgan fingerprint density at radius 2 is 2.10 bits per heavy atom. The lowest BCUT2D eigenvalue weighted by Crippen LogP contribution is -2.17. The lowest BCUT2D eigenvalue weighted by Gasteiger charge is -2.28. The van der Waals surface area contributed by atoms with Gasteiger partial charge >= 0.3 is 5.97 Å². The molecule has 0 spiro atoms. The van der Waals surface area contributed by atoms with Crippen LogP contribution in [0.2, 0.25) is 0 Å². The molecule has 1 aliphatic heterocycles. The molecule has 160 valence electrons. The maximum atomic E-state index is 14.2. The van der Waals surface area contributed by atoms with Gasteiger partial charge in [0.1, 0.15) is 11.6 Å². The van der Waals surface area contributed by atoms with Gasteiger partial charge in [0.25, 0.3) is 0 Å².